The van der Waals surface area contributed by atoms with Gasteiger partial charge in [0.05, 0.1) is 9.26 Å². The van der Waals surface area contributed by atoms with Gasteiger partial charge in [0, 0.05) is 5.39 Å². The fourth-order valence-electron chi connectivity index (χ4n) is 2.19. The Morgan fingerprint density at radius 1 is 1.24 bits per heavy atom. The molecule has 3 rings (SSSR count). The predicted molar refractivity (Wildman–Crippen MR) is 93.5 cm³/mol. The van der Waals surface area contributed by atoms with Gasteiger partial charge in [0.25, 0.3) is 0 Å². The molecule has 0 amide bonds. The van der Waals surface area contributed by atoms with Crippen molar-refractivity contribution in [1.82, 2.24) is 9.97 Å². The van der Waals surface area contributed by atoms with Gasteiger partial charge in [-0.1, -0.05) is 43.6 Å². The van der Waals surface area contributed by atoms with Crippen LogP contribution < -0.4 is 0 Å². The molecule has 0 unspecified atom stereocenters. The molecule has 0 aliphatic rings. The first-order valence-corrected chi connectivity index (χ1v) is 8.21. The number of rotatable bonds is 3. The van der Waals surface area contributed by atoms with Gasteiger partial charge >= 0.3 is 0 Å². The SMILES string of the molecule is CC(C)Cc1nc(-c2cc3ccccc3o2)nc(Cl)c1I. The van der Waals surface area contributed by atoms with Crippen LogP contribution in [-0.4, -0.2) is 9.97 Å². The number of fused-ring (bicyclic) bond motifs is 1. The molecule has 3 aromatic rings. The lowest BCUT2D eigenvalue weighted by molar-refractivity contribution is 0.614. The summed E-state index contributed by atoms with van der Waals surface area (Å²) < 4.78 is 6.74. The van der Waals surface area contributed by atoms with Crippen molar-refractivity contribution in [2.45, 2.75) is 20.3 Å². The van der Waals surface area contributed by atoms with Gasteiger partial charge in [0.2, 0.25) is 0 Å². The first kappa shape index (κ1) is 14.8. The molecule has 0 aliphatic heterocycles. The molecule has 0 N–H and O–H groups in total. The Morgan fingerprint density at radius 3 is 2.71 bits per heavy atom. The lowest BCUT2D eigenvalue weighted by Gasteiger charge is -2.09. The number of aromatic nitrogens is 2. The van der Waals surface area contributed by atoms with Crippen molar-refractivity contribution in [3.63, 3.8) is 0 Å². The van der Waals surface area contributed by atoms with E-state index in [0.717, 1.165) is 26.7 Å². The molecule has 21 heavy (non-hydrogen) atoms. The number of hydrogen-bond acceptors (Lipinski definition) is 3. The van der Waals surface area contributed by atoms with Crippen molar-refractivity contribution in [1.29, 1.82) is 0 Å². The van der Waals surface area contributed by atoms with E-state index in [9.17, 15) is 0 Å². The zero-order valence-corrected chi connectivity index (χ0v) is 14.6. The molecule has 0 radical (unpaired) electrons. The Hall–Kier alpha value is -1.14. The first-order chi connectivity index (χ1) is 10.0. The van der Waals surface area contributed by atoms with Crippen molar-refractivity contribution in [3.8, 4) is 11.6 Å². The molecule has 2 heterocycles. The molecule has 0 aliphatic carbocycles. The third kappa shape index (κ3) is 3.06. The number of halogens is 2. The Labute approximate surface area is 141 Å². The van der Waals surface area contributed by atoms with Crippen LogP contribution in [0.3, 0.4) is 0 Å². The van der Waals surface area contributed by atoms with E-state index in [1.165, 1.54) is 0 Å². The molecule has 5 heteroatoms. The second kappa shape index (κ2) is 5.93. The van der Waals surface area contributed by atoms with Gasteiger partial charge < -0.3 is 4.42 Å². The normalized spacial score (nSPS) is 11.5. The summed E-state index contributed by atoms with van der Waals surface area (Å²) in [6.07, 6.45) is 0.869. The monoisotopic (exact) mass is 412 g/mol. The number of nitrogens with zero attached hydrogens (tertiary/aromatic N) is 2. The lowest BCUT2D eigenvalue weighted by atomic mass is 10.1. The molecule has 2 aromatic heterocycles. The van der Waals surface area contributed by atoms with Crippen LogP contribution in [0.2, 0.25) is 5.15 Å². The van der Waals surface area contributed by atoms with E-state index < -0.39 is 0 Å². The second-order valence-corrected chi connectivity index (χ2v) is 6.78. The summed E-state index contributed by atoms with van der Waals surface area (Å²) in [4.78, 5) is 9.00. The minimum atomic E-state index is 0.483. The van der Waals surface area contributed by atoms with Crippen LogP contribution in [-0.2, 0) is 6.42 Å². The quantitative estimate of drug-likeness (QED) is 0.430. The van der Waals surface area contributed by atoms with Gasteiger partial charge in [-0.25, -0.2) is 9.97 Å². The molecule has 0 spiro atoms. The average molecular weight is 413 g/mol. The molecule has 0 bridgehead atoms. The van der Waals surface area contributed by atoms with Gasteiger partial charge in [-0.2, -0.15) is 0 Å². The van der Waals surface area contributed by atoms with Crippen molar-refractivity contribution < 1.29 is 4.42 Å². The van der Waals surface area contributed by atoms with Crippen LogP contribution in [0.25, 0.3) is 22.6 Å². The number of hydrogen-bond donors (Lipinski definition) is 0. The molecule has 1 aromatic carbocycles. The topological polar surface area (TPSA) is 38.9 Å². The van der Waals surface area contributed by atoms with Gasteiger partial charge in [0.15, 0.2) is 11.6 Å². The van der Waals surface area contributed by atoms with Crippen molar-refractivity contribution >= 4 is 45.2 Å². The number of benzene rings is 1. The molecule has 3 nitrogen and oxygen atoms in total. The molecular weight excluding hydrogens is 399 g/mol. The van der Waals surface area contributed by atoms with Crippen LogP contribution in [0, 0.1) is 9.49 Å². The molecule has 0 saturated carbocycles. The van der Waals surface area contributed by atoms with Crippen molar-refractivity contribution in [2.75, 3.05) is 0 Å². The molecule has 0 saturated heterocycles. The van der Waals surface area contributed by atoms with E-state index in [2.05, 4.69) is 46.4 Å². The summed E-state index contributed by atoms with van der Waals surface area (Å²) in [6.45, 7) is 4.32. The van der Waals surface area contributed by atoms with E-state index in [4.69, 9.17) is 16.0 Å². The van der Waals surface area contributed by atoms with E-state index in [1.54, 1.807) is 0 Å². The third-order valence-electron chi connectivity index (χ3n) is 3.13. The van der Waals surface area contributed by atoms with E-state index in [0.29, 0.717) is 22.7 Å². The summed E-state index contributed by atoms with van der Waals surface area (Å²) in [7, 11) is 0. The Kier molecular flexibility index (Phi) is 4.17. The van der Waals surface area contributed by atoms with Crippen molar-refractivity contribution in [2.24, 2.45) is 5.92 Å². The Morgan fingerprint density at radius 2 is 2.00 bits per heavy atom. The minimum Gasteiger partial charge on any atom is -0.453 e. The van der Waals surface area contributed by atoms with Gasteiger partial charge in [-0.3, -0.25) is 0 Å². The van der Waals surface area contributed by atoms with E-state index >= 15 is 0 Å². The highest BCUT2D eigenvalue weighted by Crippen LogP contribution is 2.29. The Bertz CT molecular complexity index is 765. The summed E-state index contributed by atoms with van der Waals surface area (Å²) >= 11 is 8.45. The second-order valence-electron chi connectivity index (χ2n) is 5.35. The van der Waals surface area contributed by atoms with E-state index in [1.807, 2.05) is 30.3 Å². The molecule has 108 valence electrons. The minimum absolute atomic E-state index is 0.483. The average Bonchev–Trinajstić information content (AvgIpc) is 2.87. The standard InChI is InChI=1S/C16H14ClIN2O/c1-9(2)7-11-14(18)15(17)20-16(19-11)13-8-10-5-3-4-6-12(10)21-13/h3-6,8-9H,7H2,1-2H3. The Balaban J connectivity index is 2.11. The van der Waals surface area contributed by atoms with Gasteiger partial charge in [0.1, 0.15) is 10.7 Å². The van der Waals surface area contributed by atoms with Crippen LogP contribution in [0.1, 0.15) is 19.5 Å². The van der Waals surface area contributed by atoms with Crippen LogP contribution in [0.4, 0.5) is 0 Å². The van der Waals surface area contributed by atoms with Crippen molar-refractivity contribution in [3.05, 3.63) is 44.7 Å². The highest BCUT2D eigenvalue weighted by molar-refractivity contribution is 14.1. The summed E-state index contributed by atoms with van der Waals surface area (Å²) in [6, 6.07) is 9.82. The predicted octanol–water partition coefficient (Wildman–Crippen LogP) is 5.35. The fraction of sp³-hybridized carbons (Fsp3) is 0.250. The maximum atomic E-state index is 6.25. The third-order valence-corrected chi connectivity index (χ3v) is 4.85. The summed E-state index contributed by atoms with van der Waals surface area (Å²) in [5.41, 5.74) is 1.80. The van der Waals surface area contributed by atoms with Crippen LogP contribution in [0.5, 0.6) is 0 Å². The smallest absolute Gasteiger partial charge is 0.197 e. The maximum Gasteiger partial charge on any atom is 0.197 e. The highest BCUT2D eigenvalue weighted by atomic mass is 127. The van der Waals surface area contributed by atoms with Crippen LogP contribution >= 0.6 is 34.2 Å². The zero-order valence-electron chi connectivity index (χ0n) is 11.7. The highest BCUT2D eigenvalue weighted by Gasteiger charge is 2.15. The van der Waals surface area contributed by atoms with Gasteiger partial charge in [-0.05, 0) is 47.1 Å². The largest absolute Gasteiger partial charge is 0.453 e. The molecule has 0 fully saturated rings. The maximum absolute atomic E-state index is 6.25. The van der Waals surface area contributed by atoms with E-state index in [-0.39, 0.29) is 0 Å². The zero-order chi connectivity index (χ0) is 15.0. The number of para-hydroxylation sites is 1. The summed E-state index contributed by atoms with van der Waals surface area (Å²) in [5, 5.41) is 1.52. The summed E-state index contributed by atoms with van der Waals surface area (Å²) in [5.74, 6) is 1.71. The number of furan rings is 1. The van der Waals surface area contributed by atoms with Gasteiger partial charge in [-0.15, -0.1) is 0 Å². The fourth-order valence-corrected chi connectivity index (χ4v) is 2.84. The molecular formula is C16H14ClIN2O. The lowest BCUT2D eigenvalue weighted by Crippen LogP contribution is -2.04. The molecule has 0 atom stereocenters. The van der Waals surface area contributed by atoms with Crippen LogP contribution in [0.15, 0.2) is 34.7 Å². The first-order valence-electron chi connectivity index (χ1n) is 6.75.